The summed E-state index contributed by atoms with van der Waals surface area (Å²) in [6.07, 6.45) is 1.55. The third-order valence-electron chi connectivity index (χ3n) is 5.58. The number of hydrogen-bond acceptors (Lipinski definition) is 6. The van der Waals surface area contributed by atoms with Gasteiger partial charge in [0.05, 0.1) is 23.0 Å². The molecule has 1 fully saturated rings. The van der Waals surface area contributed by atoms with Crippen LogP contribution in [0.4, 0.5) is 10.5 Å². The Morgan fingerprint density at radius 2 is 1.77 bits per heavy atom. The van der Waals surface area contributed by atoms with Gasteiger partial charge in [0.2, 0.25) is 5.91 Å². The van der Waals surface area contributed by atoms with Crippen molar-refractivity contribution in [2.75, 3.05) is 25.6 Å². The number of hydrogen-bond donors (Lipinski definition) is 2. The van der Waals surface area contributed by atoms with Gasteiger partial charge in [-0.1, -0.05) is 24.3 Å². The molecular weight excluding hydrogens is 728 g/mol. The molecule has 0 bridgehead atoms. The highest BCUT2D eigenvalue weighted by Gasteiger charge is 2.35. The lowest BCUT2D eigenvalue weighted by atomic mass is 10.1. The van der Waals surface area contributed by atoms with Crippen molar-refractivity contribution in [3.63, 3.8) is 0 Å². The Bertz CT molecular complexity index is 1430. The van der Waals surface area contributed by atoms with Crippen molar-refractivity contribution in [2.45, 2.75) is 13.5 Å². The van der Waals surface area contributed by atoms with Gasteiger partial charge in [0.1, 0.15) is 24.6 Å². The Hall–Kier alpha value is -3.33. The van der Waals surface area contributed by atoms with Crippen LogP contribution in [0.25, 0.3) is 6.08 Å². The van der Waals surface area contributed by atoms with Gasteiger partial charge in [0.15, 0.2) is 11.5 Å². The molecule has 202 valence electrons. The molecule has 4 rings (SSSR count). The summed E-state index contributed by atoms with van der Waals surface area (Å²) in [7, 11) is 1.49. The second kappa shape index (κ2) is 13.2. The van der Waals surface area contributed by atoms with Crippen molar-refractivity contribution >= 4 is 74.8 Å². The van der Waals surface area contributed by atoms with Gasteiger partial charge in [-0.3, -0.25) is 9.59 Å². The summed E-state index contributed by atoms with van der Waals surface area (Å²) in [6, 6.07) is 17.8. The standard InChI is InChI=1S/C28H25I2N3O6/c1-3-38-24-14-18(12-20(30)26(24)39-16-17-8-10-19(29)11-9-17)13-22-27(35)33(28(36)32-22)15-25(34)31-21-6-4-5-7-23(21)37-2/h4-14H,3,15-16H2,1-2H3,(H,31,34)(H,32,36)/b22-13+. The maximum atomic E-state index is 13.0. The molecule has 3 aromatic rings. The van der Waals surface area contributed by atoms with Crippen LogP contribution in [0.1, 0.15) is 18.1 Å². The van der Waals surface area contributed by atoms with Crippen molar-refractivity contribution in [2.24, 2.45) is 0 Å². The molecule has 1 aliphatic rings. The van der Waals surface area contributed by atoms with Gasteiger partial charge in [-0.15, -0.1) is 0 Å². The van der Waals surface area contributed by atoms with Crippen LogP contribution in [0, 0.1) is 7.14 Å². The third-order valence-corrected chi connectivity index (χ3v) is 7.10. The number of para-hydroxylation sites is 2. The van der Waals surface area contributed by atoms with E-state index < -0.39 is 24.4 Å². The number of halogens is 2. The molecular formula is C28H25I2N3O6. The van der Waals surface area contributed by atoms with Gasteiger partial charge < -0.3 is 24.8 Å². The number of nitrogens with one attached hydrogen (secondary N) is 2. The van der Waals surface area contributed by atoms with Crippen molar-refractivity contribution in [1.82, 2.24) is 10.2 Å². The van der Waals surface area contributed by atoms with Gasteiger partial charge in [0.25, 0.3) is 5.91 Å². The lowest BCUT2D eigenvalue weighted by Crippen LogP contribution is -2.38. The van der Waals surface area contributed by atoms with Gasteiger partial charge in [-0.2, -0.15) is 0 Å². The number of imide groups is 1. The molecule has 0 radical (unpaired) electrons. The van der Waals surface area contributed by atoms with E-state index in [1.807, 2.05) is 37.3 Å². The number of nitrogens with zero attached hydrogens (tertiary/aromatic N) is 1. The maximum absolute atomic E-state index is 13.0. The predicted octanol–water partition coefficient (Wildman–Crippen LogP) is 5.41. The SMILES string of the molecule is CCOc1cc(/C=C2/NC(=O)N(CC(=O)Nc3ccccc3OC)C2=O)cc(I)c1OCc1ccc(I)cc1. The Labute approximate surface area is 253 Å². The maximum Gasteiger partial charge on any atom is 0.329 e. The van der Waals surface area contributed by atoms with Crippen LogP contribution in [0.3, 0.4) is 0 Å². The van der Waals surface area contributed by atoms with Gasteiger partial charge in [-0.25, -0.2) is 9.69 Å². The molecule has 2 N–H and O–H groups in total. The Morgan fingerprint density at radius 1 is 1.03 bits per heavy atom. The van der Waals surface area contributed by atoms with Crippen molar-refractivity contribution < 1.29 is 28.6 Å². The fourth-order valence-electron chi connectivity index (χ4n) is 3.77. The highest BCUT2D eigenvalue weighted by Crippen LogP contribution is 2.36. The average Bonchev–Trinajstić information content (AvgIpc) is 3.16. The van der Waals surface area contributed by atoms with E-state index in [-0.39, 0.29) is 5.70 Å². The van der Waals surface area contributed by atoms with Crippen LogP contribution in [-0.4, -0.2) is 43.0 Å². The van der Waals surface area contributed by atoms with E-state index in [2.05, 4.69) is 55.8 Å². The minimum atomic E-state index is -0.682. The normalized spacial score (nSPS) is 13.8. The van der Waals surface area contributed by atoms with E-state index in [1.54, 1.807) is 36.4 Å². The molecule has 9 nitrogen and oxygen atoms in total. The van der Waals surface area contributed by atoms with E-state index in [4.69, 9.17) is 14.2 Å². The van der Waals surface area contributed by atoms with Gasteiger partial charge in [0, 0.05) is 3.57 Å². The third kappa shape index (κ3) is 7.20. The number of urea groups is 1. The van der Waals surface area contributed by atoms with Gasteiger partial charge >= 0.3 is 6.03 Å². The predicted molar refractivity (Wildman–Crippen MR) is 164 cm³/mol. The number of ether oxygens (including phenoxy) is 3. The topological polar surface area (TPSA) is 106 Å². The van der Waals surface area contributed by atoms with Crippen LogP contribution in [-0.2, 0) is 16.2 Å². The number of rotatable bonds is 10. The molecule has 11 heteroatoms. The van der Waals surface area contributed by atoms with Crippen LogP contribution >= 0.6 is 45.2 Å². The van der Waals surface area contributed by atoms with E-state index in [9.17, 15) is 14.4 Å². The molecule has 0 spiro atoms. The van der Waals surface area contributed by atoms with Crippen molar-refractivity contribution in [1.29, 1.82) is 0 Å². The number of carbonyl (C=O) groups is 3. The zero-order valence-electron chi connectivity index (χ0n) is 21.1. The first kappa shape index (κ1) is 28.7. The minimum absolute atomic E-state index is 0.0518. The quantitative estimate of drug-likeness (QED) is 0.163. The van der Waals surface area contributed by atoms with E-state index in [1.165, 1.54) is 7.11 Å². The zero-order valence-corrected chi connectivity index (χ0v) is 25.4. The molecule has 1 saturated heterocycles. The Balaban J connectivity index is 1.49. The van der Waals surface area contributed by atoms with E-state index >= 15 is 0 Å². The Kier molecular flexibility index (Phi) is 9.67. The molecule has 1 aliphatic heterocycles. The summed E-state index contributed by atoms with van der Waals surface area (Å²) in [4.78, 5) is 38.9. The summed E-state index contributed by atoms with van der Waals surface area (Å²) in [5.41, 5.74) is 2.15. The molecule has 0 unspecified atom stereocenters. The van der Waals surface area contributed by atoms with E-state index in [0.717, 1.165) is 17.6 Å². The zero-order chi connectivity index (χ0) is 27.9. The number of anilines is 1. The van der Waals surface area contributed by atoms with E-state index in [0.29, 0.717) is 41.7 Å². The molecule has 0 atom stereocenters. The summed E-state index contributed by atoms with van der Waals surface area (Å²) < 4.78 is 19.0. The number of carbonyl (C=O) groups excluding carboxylic acids is 3. The van der Waals surface area contributed by atoms with Crippen LogP contribution < -0.4 is 24.8 Å². The molecule has 3 aromatic carbocycles. The molecule has 4 amide bonds. The van der Waals surface area contributed by atoms with Crippen LogP contribution in [0.2, 0.25) is 0 Å². The van der Waals surface area contributed by atoms with Gasteiger partial charge in [-0.05, 0) is 106 Å². The molecule has 0 aliphatic carbocycles. The molecule has 0 saturated carbocycles. The first-order valence-corrected chi connectivity index (χ1v) is 14.1. The fraction of sp³-hybridized carbons (Fsp3) is 0.179. The highest BCUT2D eigenvalue weighted by molar-refractivity contribution is 14.1. The number of amides is 4. The Morgan fingerprint density at radius 3 is 2.49 bits per heavy atom. The lowest BCUT2D eigenvalue weighted by molar-refractivity contribution is -0.127. The molecule has 0 aromatic heterocycles. The van der Waals surface area contributed by atoms with Crippen molar-refractivity contribution in [3.8, 4) is 17.2 Å². The number of benzene rings is 3. The smallest absolute Gasteiger partial charge is 0.329 e. The van der Waals surface area contributed by atoms with Crippen LogP contribution in [0.15, 0.2) is 66.4 Å². The average molecular weight is 753 g/mol. The molecule has 39 heavy (non-hydrogen) atoms. The van der Waals surface area contributed by atoms with Crippen molar-refractivity contribution in [3.05, 3.63) is 84.6 Å². The summed E-state index contributed by atoms with van der Waals surface area (Å²) in [5, 5.41) is 5.22. The summed E-state index contributed by atoms with van der Waals surface area (Å²) >= 11 is 4.40. The lowest BCUT2D eigenvalue weighted by Gasteiger charge is -2.15. The number of methoxy groups -OCH3 is 1. The first-order valence-electron chi connectivity index (χ1n) is 11.9. The summed E-state index contributed by atoms with van der Waals surface area (Å²) in [5.74, 6) is 0.435. The second-order valence-electron chi connectivity index (χ2n) is 8.31. The fourth-order valence-corrected chi connectivity index (χ4v) is 4.91. The van der Waals surface area contributed by atoms with Crippen LogP contribution in [0.5, 0.6) is 17.2 Å². The molecule has 1 heterocycles. The highest BCUT2D eigenvalue weighted by atomic mass is 127. The monoisotopic (exact) mass is 753 g/mol. The summed E-state index contributed by atoms with van der Waals surface area (Å²) in [6.45, 7) is 2.21. The second-order valence-corrected chi connectivity index (χ2v) is 10.7. The first-order chi connectivity index (χ1) is 18.8. The largest absolute Gasteiger partial charge is 0.495 e. The minimum Gasteiger partial charge on any atom is -0.495 e.